The highest BCUT2D eigenvalue weighted by Crippen LogP contribution is 2.15. The van der Waals surface area contributed by atoms with Gasteiger partial charge in [-0.3, -0.25) is 15.1 Å². The van der Waals surface area contributed by atoms with E-state index in [1.54, 1.807) is 6.07 Å². The smallest absolute Gasteiger partial charge is 0.223 e. The normalized spacial score (nSPS) is 11.2. The number of aromatic hydroxyl groups is 1. The van der Waals surface area contributed by atoms with Gasteiger partial charge in [-0.2, -0.15) is 0 Å². The van der Waals surface area contributed by atoms with Crippen molar-refractivity contribution < 1.29 is 14.6 Å². The van der Waals surface area contributed by atoms with Gasteiger partial charge in [-0.1, -0.05) is 70.2 Å². The number of ether oxygens (including phenoxy) is 1. The third-order valence-electron chi connectivity index (χ3n) is 5.71. The first-order valence-electron chi connectivity index (χ1n) is 14.1. The van der Waals surface area contributed by atoms with Crippen molar-refractivity contribution in [1.82, 2.24) is 10.6 Å². The number of carbonyl (C=O) groups excluding carboxylic acids is 1. The predicted octanol–water partition coefficient (Wildman–Crippen LogP) is 7.49. The molecular formula is C34H53N3O3. The molecule has 0 saturated carbocycles. The standard InChI is InChI=1S/C18H24N2O.C14H27NO2.C2H2/c1-5-9-17(16(6-2)14(3)4)20-13-19-12-15-10-7-8-11-18(15)21;1-5-8-13(9-6-2)14(16)15-11-10-12(4)17-7-3;1-2/h5-11,19,21H,3,12-13H2,1-2,4H3;13H,4-11H2,1-3H3,(H,15,16);1-2H/b9-5-,16-6-,20-17-;;. The van der Waals surface area contributed by atoms with Crippen LogP contribution in [-0.4, -0.2) is 36.5 Å². The number of hydrogen-bond acceptors (Lipinski definition) is 5. The summed E-state index contributed by atoms with van der Waals surface area (Å²) in [5, 5.41) is 15.9. The average Bonchev–Trinajstić information content (AvgIpc) is 2.93. The van der Waals surface area contributed by atoms with Gasteiger partial charge >= 0.3 is 0 Å². The van der Waals surface area contributed by atoms with Crippen molar-refractivity contribution >= 4 is 11.6 Å². The predicted molar refractivity (Wildman–Crippen MR) is 172 cm³/mol. The maximum absolute atomic E-state index is 11.9. The molecule has 1 amide bonds. The van der Waals surface area contributed by atoms with Crippen LogP contribution in [0.3, 0.4) is 0 Å². The van der Waals surface area contributed by atoms with Gasteiger partial charge in [0.15, 0.2) is 0 Å². The Kier molecular flexibility index (Phi) is 24.8. The molecule has 1 rings (SSSR count). The molecule has 0 heterocycles. The van der Waals surface area contributed by atoms with Crippen LogP contribution in [0.4, 0.5) is 0 Å². The van der Waals surface area contributed by atoms with E-state index in [4.69, 9.17) is 4.74 Å². The van der Waals surface area contributed by atoms with Crippen LogP contribution >= 0.6 is 0 Å². The largest absolute Gasteiger partial charge is 0.508 e. The number of benzene rings is 1. The number of amides is 1. The Morgan fingerprint density at radius 1 is 1.12 bits per heavy atom. The average molecular weight is 552 g/mol. The zero-order valence-corrected chi connectivity index (χ0v) is 25.8. The van der Waals surface area contributed by atoms with Crippen molar-refractivity contribution in [3.63, 3.8) is 0 Å². The minimum atomic E-state index is 0.172. The van der Waals surface area contributed by atoms with E-state index >= 15 is 0 Å². The van der Waals surface area contributed by atoms with Crippen LogP contribution in [0.2, 0.25) is 0 Å². The lowest BCUT2D eigenvalue weighted by Gasteiger charge is -2.15. The number of carbonyl (C=O) groups is 1. The van der Waals surface area contributed by atoms with E-state index in [1.807, 2.05) is 64.1 Å². The van der Waals surface area contributed by atoms with Crippen LogP contribution in [0.5, 0.6) is 5.75 Å². The van der Waals surface area contributed by atoms with Gasteiger partial charge in [0, 0.05) is 31.0 Å². The lowest BCUT2D eigenvalue weighted by atomic mass is 9.97. The van der Waals surface area contributed by atoms with Crippen molar-refractivity contribution in [3.8, 4) is 18.6 Å². The fourth-order valence-electron chi connectivity index (χ4n) is 3.84. The fourth-order valence-corrected chi connectivity index (χ4v) is 3.84. The summed E-state index contributed by atoms with van der Waals surface area (Å²) >= 11 is 0. The Bertz CT molecular complexity index is 968. The number of rotatable bonds is 17. The van der Waals surface area contributed by atoms with E-state index in [2.05, 4.69) is 55.5 Å². The highest BCUT2D eigenvalue weighted by Gasteiger charge is 2.15. The van der Waals surface area contributed by atoms with Gasteiger partial charge in [0.1, 0.15) is 5.75 Å². The van der Waals surface area contributed by atoms with Crippen molar-refractivity contribution in [3.05, 3.63) is 78.1 Å². The Morgan fingerprint density at radius 3 is 2.25 bits per heavy atom. The van der Waals surface area contributed by atoms with Gasteiger partial charge in [-0.25, -0.2) is 0 Å². The summed E-state index contributed by atoms with van der Waals surface area (Å²) in [5.74, 6) is 1.40. The Balaban J connectivity index is 0. The van der Waals surface area contributed by atoms with Crippen molar-refractivity contribution in [2.45, 2.75) is 80.2 Å². The van der Waals surface area contributed by atoms with E-state index in [0.29, 0.717) is 38.5 Å². The molecule has 40 heavy (non-hydrogen) atoms. The summed E-state index contributed by atoms with van der Waals surface area (Å²) in [6.45, 7) is 22.2. The first kappa shape index (κ1) is 38.6. The summed E-state index contributed by atoms with van der Waals surface area (Å²) in [6, 6.07) is 7.30. The maximum Gasteiger partial charge on any atom is 0.223 e. The van der Waals surface area contributed by atoms with Crippen LogP contribution in [-0.2, 0) is 16.1 Å². The van der Waals surface area contributed by atoms with Crippen LogP contribution in [0.1, 0.15) is 79.2 Å². The zero-order valence-electron chi connectivity index (χ0n) is 25.8. The van der Waals surface area contributed by atoms with E-state index in [9.17, 15) is 9.90 Å². The van der Waals surface area contributed by atoms with Crippen LogP contribution in [0.25, 0.3) is 0 Å². The molecule has 0 aliphatic heterocycles. The molecule has 1 aromatic carbocycles. The number of nitrogens with zero attached hydrogens (tertiary/aromatic N) is 1. The van der Waals surface area contributed by atoms with Gasteiger partial charge in [0.2, 0.25) is 5.91 Å². The quantitative estimate of drug-likeness (QED) is 0.0616. The van der Waals surface area contributed by atoms with Crippen molar-refractivity contribution in [2.75, 3.05) is 19.8 Å². The molecule has 6 nitrogen and oxygen atoms in total. The molecule has 1 aromatic rings. The van der Waals surface area contributed by atoms with Crippen LogP contribution in [0, 0.1) is 18.8 Å². The molecule has 0 spiro atoms. The number of para-hydroxylation sites is 1. The van der Waals surface area contributed by atoms with Gasteiger partial charge in [-0.15, -0.1) is 12.8 Å². The van der Waals surface area contributed by atoms with E-state index < -0.39 is 0 Å². The lowest BCUT2D eigenvalue weighted by Crippen LogP contribution is -2.31. The molecule has 0 aliphatic carbocycles. The third-order valence-corrected chi connectivity index (χ3v) is 5.71. The maximum atomic E-state index is 11.9. The number of phenolic OH excluding ortho intramolecular Hbond substituents is 1. The molecule has 0 unspecified atom stereocenters. The molecular weight excluding hydrogens is 498 g/mol. The van der Waals surface area contributed by atoms with Gasteiger partial charge in [0.05, 0.1) is 24.7 Å². The van der Waals surface area contributed by atoms with Gasteiger partial charge < -0.3 is 15.2 Å². The zero-order chi connectivity index (χ0) is 30.8. The van der Waals surface area contributed by atoms with E-state index in [1.165, 1.54) is 0 Å². The highest BCUT2D eigenvalue weighted by atomic mass is 16.5. The monoisotopic (exact) mass is 551 g/mol. The van der Waals surface area contributed by atoms with E-state index in [0.717, 1.165) is 53.9 Å². The van der Waals surface area contributed by atoms with Crippen molar-refractivity contribution in [1.29, 1.82) is 0 Å². The molecule has 0 radical (unpaired) electrons. The molecule has 0 saturated heterocycles. The van der Waals surface area contributed by atoms with E-state index in [-0.39, 0.29) is 11.8 Å². The summed E-state index contributed by atoms with van der Waals surface area (Å²) in [7, 11) is 0. The summed E-state index contributed by atoms with van der Waals surface area (Å²) < 4.78 is 5.23. The number of phenols is 1. The van der Waals surface area contributed by atoms with Crippen LogP contribution < -0.4 is 10.6 Å². The number of allylic oxidation sites excluding steroid dienone is 5. The minimum absolute atomic E-state index is 0.172. The Hall–Kier alpha value is -3.56. The Labute approximate surface area is 244 Å². The first-order chi connectivity index (χ1) is 19.2. The number of aliphatic imine (C=N–C) groups is 1. The summed E-state index contributed by atoms with van der Waals surface area (Å²) in [5.41, 5.74) is 3.83. The molecule has 0 fully saturated rings. The number of hydrogen-bond donors (Lipinski definition) is 3. The second kappa shape index (κ2) is 25.7. The number of terminal acetylenes is 1. The minimum Gasteiger partial charge on any atom is -0.508 e. The second-order valence-corrected chi connectivity index (χ2v) is 9.03. The van der Waals surface area contributed by atoms with Crippen molar-refractivity contribution in [2.24, 2.45) is 10.9 Å². The topological polar surface area (TPSA) is 83.0 Å². The first-order valence-corrected chi connectivity index (χ1v) is 14.1. The third kappa shape index (κ3) is 17.9. The summed E-state index contributed by atoms with van der Waals surface area (Å²) in [6.07, 6.45) is 18.7. The van der Waals surface area contributed by atoms with Gasteiger partial charge in [0.25, 0.3) is 0 Å². The highest BCUT2D eigenvalue weighted by molar-refractivity contribution is 6.11. The molecule has 0 bridgehead atoms. The Morgan fingerprint density at radius 2 is 1.75 bits per heavy atom. The number of nitrogens with one attached hydrogen (secondary N) is 2. The SMILES string of the molecule is C#C.C=C(C)C(=C/C)/C(/C=C\C)=N\CNCc1ccccc1O.C=C(CCNC(=O)C(CCC)CCC)OCC. The molecule has 222 valence electrons. The summed E-state index contributed by atoms with van der Waals surface area (Å²) in [4.78, 5) is 16.4. The molecule has 3 N–H and O–H groups in total. The van der Waals surface area contributed by atoms with Crippen LogP contribution in [0.15, 0.2) is 77.5 Å². The van der Waals surface area contributed by atoms with Gasteiger partial charge in [-0.05, 0) is 63.8 Å². The fraction of sp³-hybridized carbons (Fsp3) is 0.471. The lowest BCUT2D eigenvalue weighted by molar-refractivity contribution is -0.125. The molecule has 0 aromatic heterocycles. The molecule has 6 heteroatoms. The molecule has 0 atom stereocenters. The second-order valence-electron chi connectivity index (χ2n) is 9.03. The molecule has 0 aliphatic rings.